The number of para-hydroxylation sites is 1. The second-order valence-electron chi connectivity index (χ2n) is 6.24. The van der Waals surface area contributed by atoms with E-state index >= 15 is 0 Å². The van der Waals surface area contributed by atoms with Crippen molar-refractivity contribution in [1.29, 1.82) is 0 Å². The molecule has 0 fully saturated rings. The molecule has 0 aromatic heterocycles. The maximum Gasteiger partial charge on any atom is 0.367 e. The molecule has 0 radical (unpaired) electrons. The van der Waals surface area contributed by atoms with Crippen molar-refractivity contribution in [3.8, 4) is 5.75 Å². The van der Waals surface area contributed by atoms with E-state index in [1.54, 1.807) is 42.5 Å². The normalized spacial score (nSPS) is 12.7. The van der Waals surface area contributed by atoms with E-state index < -0.39 is 17.8 Å². The molecule has 6 nitrogen and oxygen atoms in total. The van der Waals surface area contributed by atoms with Crippen molar-refractivity contribution >= 4 is 29.4 Å². The fraction of sp³-hybridized carbons (Fsp3) is 0.0455. The van der Waals surface area contributed by atoms with Crippen LogP contribution in [0.1, 0.15) is 36.6 Å². The van der Waals surface area contributed by atoms with Crippen LogP contribution >= 0.6 is 11.6 Å². The van der Waals surface area contributed by atoms with E-state index in [1.807, 2.05) is 12.1 Å². The van der Waals surface area contributed by atoms with Crippen LogP contribution < -0.4 is 4.74 Å². The van der Waals surface area contributed by atoms with Gasteiger partial charge in [0.1, 0.15) is 17.9 Å². The van der Waals surface area contributed by atoms with E-state index in [-0.39, 0.29) is 29.0 Å². The van der Waals surface area contributed by atoms with Gasteiger partial charge in [-0.05, 0) is 42.0 Å². The highest BCUT2D eigenvalue weighted by molar-refractivity contribution is 6.30. The Hall–Kier alpha value is -3.64. The minimum atomic E-state index is -0.869. The van der Waals surface area contributed by atoms with Crippen molar-refractivity contribution in [1.82, 2.24) is 5.06 Å². The Balaban J connectivity index is 1.50. The van der Waals surface area contributed by atoms with Crippen LogP contribution in [0.2, 0.25) is 5.02 Å². The lowest BCUT2D eigenvalue weighted by molar-refractivity contribution is -0.0586. The first-order valence-electron chi connectivity index (χ1n) is 8.71. The quantitative estimate of drug-likeness (QED) is 0.590. The molecule has 1 aliphatic rings. The Morgan fingerprint density at radius 3 is 2.07 bits per heavy atom. The minimum absolute atomic E-state index is 0.0954. The molecule has 144 valence electrons. The van der Waals surface area contributed by atoms with Gasteiger partial charge in [0.25, 0.3) is 11.8 Å². The summed E-state index contributed by atoms with van der Waals surface area (Å²) in [7, 11) is 0. The minimum Gasteiger partial charge on any atom is -0.488 e. The number of imide groups is 1. The average Bonchev–Trinajstić information content (AvgIpc) is 2.98. The topological polar surface area (TPSA) is 72.9 Å². The fourth-order valence-electron chi connectivity index (χ4n) is 2.88. The molecular formula is C22H14ClNO5. The van der Waals surface area contributed by atoms with Crippen LogP contribution in [0.4, 0.5) is 0 Å². The summed E-state index contributed by atoms with van der Waals surface area (Å²) in [5.74, 6) is -1.97. The van der Waals surface area contributed by atoms with Gasteiger partial charge in [-0.25, -0.2) is 4.79 Å². The molecule has 4 rings (SSSR count). The Bertz CT molecular complexity index is 1080. The largest absolute Gasteiger partial charge is 0.488 e. The number of amides is 2. The van der Waals surface area contributed by atoms with Gasteiger partial charge >= 0.3 is 5.97 Å². The second kappa shape index (κ2) is 7.77. The van der Waals surface area contributed by atoms with E-state index in [2.05, 4.69) is 0 Å². The highest BCUT2D eigenvalue weighted by atomic mass is 35.5. The van der Waals surface area contributed by atoms with Crippen molar-refractivity contribution in [2.75, 3.05) is 0 Å². The molecule has 7 heteroatoms. The first-order valence-corrected chi connectivity index (χ1v) is 9.09. The molecule has 0 atom stereocenters. The van der Waals surface area contributed by atoms with E-state index in [9.17, 15) is 14.4 Å². The summed E-state index contributed by atoms with van der Waals surface area (Å²) >= 11 is 5.87. The summed E-state index contributed by atoms with van der Waals surface area (Å²) in [6, 6.07) is 19.8. The van der Waals surface area contributed by atoms with Crippen molar-refractivity contribution in [2.24, 2.45) is 0 Å². The second-order valence-corrected chi connectivity index (χ2v) is 6.68. The summed E-state index contributed by atoms with van der Waals surface area (Å²) < 4.78 is 5.73. The highest BCUT2D eigenvalue weighted by Gasteiger charge is 2.39. The third-order valence-electron chi connectivity index (χ3n) is 4.35. The Morgan fingerprint density at radius 1 is 0.828 bits per heavy atom. The van der Waals surface area contributed by atoms with Gasteiger partial charge in [-0.1, -0.05) is 53.1 Å². The van der Waals surface area contributed by atoms with E-state index in [0.717, 1.165) is 5.56 Å². The number of halogens is 1. The Labute approximate surface area is 171 Å². The van der Waals surface area contributed by atoms with Gasteiger partial charge < -0.3 is 9.57 Å². The number of rotatable bonds is 5. The predicted octanol–water partition coefficient (Wildman–Crippen LogP) is 4.29. The number of ether oxygens (including phenoxy) is 1. The molecule has 1 heterocycles. The van der Waals surface area contributed by atoms with Crippen LogP contribution in [0.15, 0.2) is 72.8 Å². The maximum absolute atomic E-state index is 12.7. The highest BCUT2D eigenvalue weighted by Crippen LogP contribution is 2.26. The molecule has 3 aromatic carbocycles. The Morgan fingerprint density at radius 2 is 1.41 bits per heavy atom. The summed E-state index contributed by atoms with van der Waals surface area (Å²) in [5.41, 5.74) is 1.34. The third-order valence-corrected chi connectivity index (χ3v) is 4.60. The number of nitrogens with zero attached hydrogens (tertiary/aromatic N) is 1. The molecule has 0 saturated carbocycles. The standard InChI is InChI=1S/C22H14ClNO5/c23-15-11-9-14(10-12-15)13-28-19-8-4-3-7-18(19)22(27)29-24-20(25)16-5-1-2-6-17(16)21(24)26/h1-12H,13H2. The van der Waals surface area contributed by atoms with Crippen LogP contribution in [0.5, 0.6) is 5.75 Å². The number of carbonyl (C=O) groups is 3. The van der Waals surface area contributed by atoms with Gasteiger partial charge in [0, 0.05) is 5.02 Å². The van der Waals surface area contributed by atoms with Gasteiger partial charge in [-0.15, -0.1) is 0 Å². The van der Waals surface area contributed by atoms with Gasteiger partial charge in [0.2, 0.25) is 0 Å². The number of benzene rings is 3. The van der Waals surface area contributed by atoms with Crippen molar-refractivity contribution in [3.63, 3.8) is 0 Å². The molecule has 2 amide bonds. The molecule has 0 spiro atoms. The van der Waals surface area contributed by atoms with Crippen molar-refractivity contribution < 1.29 is 24.0 Å². The van der Waals surface area contributed by atoms with Crippen LogP contribution in [-0.4, -0.2) is 22.8 Å². The molecule has 0 unspecified atom stereocenters. The molecule has 29 heavy (non-hydrogen) atoms. The Kier molecular flexibility index (Phi) is 5.01. The summed E-state index contributed by atoms with van der Waals surface area (Å²) in [4.78, 5) is 42.5. The number of hydroxylamine groups is 2. The van der Waals surface area contributed by atoms with E-state index in [1.165, 1.54) is 18.2 Å². The van der Waals surface area contributed by atoms with Crippen LogP contribution in [0, 0.1) is 0 Å². The zero-order valence-electron chi connectivity index (χ0n) is 15.0. The maximum atomic E-state index is 12.7. The summed E-state index contributed by atoms with van der Waals surface area (Å²) in [6.07, 6.45) is 0. The van der Waals surface area contributed by atoms with Crippen LogP contribution in [0.3, 0.4) is 0 Å². The summed E-state index contributed by atoms with van der Waals surface area (Å²) in [6.45, 7) is 0.203. The predicted molar refractivity (Wildman–Crippen MR) is 105 cm³/mol. The van der Waals surface area contributed by atoms with E-state index in [0.29, 0.717) is 10.1 Å². The zero-order valence-corrected chi connectivity index (χ0v) is 15.8. The fourth-order valence-corrected chi connectivity index (χ4v) is 3.01. The van der Waals surface area contributed by atoms with Gasteiger partial charge in [-0.3, -0.25) is 9.59 Å². The number of fused-ring (bicyclic) bond motifs is 1. The lowest BCUT2D eigenvalue weighted by Gasteiger charge is -2.15. The van der Waals surface area contributed by atoms with E-state index in [4.69, 9.17) is 21.2 Å². The number of hydrogen-bond acceptors (Lipinski definition) is 5. The zero-order chi connectivity index (χ0) is 20.4. The monoisotopic (exact) mass is 407 g/mol. The van der Waals surface area contributed by atoms with Gasteiger partial charge in [0.05, 0.1) is 11.1 Å². The van der Waals surface area contributed by atoms with Gasteiger partial charge in [-0.2, -0.15) is 0 Å². The van der Waals surface area contributed by atoms with Crippen molar-refractivity contribution in [2.45, 2.75) is 6.61 Å². The average molecular weight is 408 g/mol. The molecule has 0 saturated heterocycles. The molecular weight excluding hydrogens is 394 g/mol. The SMILES string of the molecule is O=C(ON1C(=O)c2ccccc2C1=O)c1ccccc1OCc1ccc(Cl)cc1. The van der Waals surface area contributed by atoms with Gasteiger partial charge in [0.15, 0.2) is 0 Å². The van der Waals surface area contributed by atoms with Crippen LogP contribution in [-0.2, 0) is 11.4 Å². The molecule has 0 aliphatic carbocycles. The smallest absolute Gasteiger partial charge is 0.367 e. The summed E-state index contributed by atoms with van der Waals surface area (Å²) in [5, 5.41) is 1.09. The lowest BCUT2D eigenvalue weighted by Crippen LogP contribution is -2.32. The number of carbonyl (C=O) groups excluding carboxylic acids is 3. The first kappa shape index (κ1) is 18.7. The number of hydrogen-bond donors (Lipinski definition) is 0. The first-order chi connectivity index (χ1) is 14.0. The molecule has 3 aromatic rings. The molecule has 1 aliphatic heterocycles. The third kappa shape index (κ3) is 3.70. The molecule has 0 bridgehead atoms. The van der Waals surface area contributed by atoms with Crippen molar-refractivity contribution in [3.05, 3.63) is 100 Å². The lowest BCUT2D eigenvalue weighted by atomic mass is 10.1. The molecule has 0 N–H and O–H groups in total. The van der Waals surface area contributed by atoms with Crippen LogP contribution in [0.25, 0.3) is 0 Å².